The second-order valence-corrected chi connectivity index (χ2v) is 5.59. The lowest BCUT2D eigenvalue weighted by atomic mass is 10.2. The number of hydrogen-bond donors (Lipinski definition) is 3. The van der Waals surface area contributed by atoms with Crippen LogP contribution in [0.1, 0.15) is 5.56 Å². The third-order valence-corrected chi connectivity index (χ3v) is 3.84. The highest BCUT2D eigenvalue weighted by Gasteiger charge is 2.04. The molecule has 0 radical (unpaired) electrons. The third-order valence-electron chi connectivity index (χ3n) is 2.89. The fourth-order valence-electron chi connectivity index (χ4n) is 1.84. The van der Waals surface area contributed by atoms with Gasteiger partial charge in [0.15, 0.2) is 0 Å². The van der Waals surface area contributed by atoms with Gasteiger partial charge in [-0.3, -0.25) is 5.43 Å². The number of hydrazine groups is 1. The number of thiazole rings is 1. The molecule has 3 N–H and O–H groups in total. The van der Waals surface area contributed by atoms with Crippen LogP contribution in [0.25, 0.3) is 10.2 Å². The lowest BCUT2D eigenvalue weighted by Crippen LogP contribution is -2.33. The molecule has 2 amide bonds. The predicted octanol–water partition coefficient (Wildman–Crippen LogP) is 3.75. The molecular formula is C15H14N4OS. The van der Waals surface area contributed by atoms with Crippen molar-refractivity contribution < 1.29 is 4.79 Å². The maximum absolute atomic E-state index is 11.8. The van der Waals surface area contributed by atoms with Gasteiger partial charge in [0, 0.05) is 5.69 Å². The summed E-state index contributed by atoms with van der Waals surface area (Å²) in [5, 5.41) is 3.39. The van der Waals surface area contributed by atoms with Crippen LogP contribution in [0.15, 0.2) is 48.5 Å². The van der Waals surface area contributed by atoms with E-state index in [1.165, 1.54) is 11.3 Å². The Bertz CT molecular complexity index is 734. The van der Waals surface area contributed by atoms with Crippen molar-refractivity contribution in [2.75, 3.05) is 10.7 Å². The minimum atomic E-state index is -0.335. The summed E-state index contributed by atoms with van der Waals surface area (Å²) in [5.74, 6) is 0. The van der Waals surface area contributed by atoms with Crippen molar-refractivity contribution in [3.8, 4) is 0 Å². The van der Waals surface area contributed by atoms with E-state index in [4.69, 9.17) is 0 Å². The Morgan fingerprint density at radius 2 is 1.86 bits per heavy atom. The summed E-state index contributed by atoms with van der Waals surface area (Å²) in [5.41, 5.74) is 8.18. The van der Waals surface area contributed by atoms with Crippen molar-refractivity contribution in [3.05, 3.63) is 54.1 Å². The molecule has 5 nitrogen and oxygen atoms in total. The number of hydrogen-bond acceptors (Lipinski definition) is 4. The Morgan fingerprint density at radius 1 is 1.10 bits per heavy atom. The van der Waals surface area contributed by atoms with Gasteiger partial charge in [-0.1, -0.05) is 41.2 Å². The van der Waals surface area contributed by atoms with Crippen LogP contribution in [0.4, 0.5) is 15.6 Å². The number of rotatable bonds is 3. The first-order valence-electron chi connectivity index (χ1n) is 6.46. The number of anilines is 2. The van der Waals surface area contributed by atoms with Crippen LogP contribution in [0.2, 0.25) is 0 Å². The monoisotopic (exact) mass is 298 g/mol. The molecule has 1 aromatic heterocycles. The van der Waals surface area contributed by atoms with E-state index in [9.17, 15) is 4.79 Å². The number of carbonyl (C=O) groups is 1. The lowest BCUT2D eigenvalue weighted by molar-refractivity contribution is 0.254. The van der Waals surface area contributed by atoms with Gasteiger partial charge in [0.1, 0.15) is 0 Å². The molecule has 0 fully saturated rings. The first kappa shape index (κ1) is 13.4. The number of carbonyl (C=O) groups excluding carboxylic acids is 1. The van der Waals surface area contributed by atoms with E-state index < -0.39 is 0 Å². The Labute approximate surface area is 126 Å². The number of para-hydroxylation sites is 1. The van der Waals surface area contributed by atoms with Gasteiger partial charge in [-0.05, 0) is 31.2 Å². The highest BCUT2D eigenvalue weighted by atomic mass is 32.1. The molecule has 3 aromatic rings. The molecule has 6 heteroatoms. The summed E-state index contributed by atoms with van der Waals surface area (Å²) in [6.07, 6.45) is 0. The van der Waals surface area contributed by atoms with Crippen LogP contribution in [-0.4, -0.2) is 11.0 Å². The summed E-state index contributed by atoms with van der Waals surface area (Å²) in [6, 6.07) is 15.1. The summed E-state index contributed by atoms with van der Waals surface area (Å²) < 4.78 is 1.07. The molecule has 0 saturated carbocycles. The van der Waals surface area contributed by atoms with E-state index in [2.05, 4.69) is 21.2 Å². The Morgan fingerprint density at radius 3 is 2.62 bits per heavy atom. The van der Waals surface area contributed by atoms with E-state index in [-0.39, 0.29) is 6.03 Å². The van der Waals surface area contributed by atoms with Gasteiger partial charge in [0.2, 0.25) is 5.13 Å². The van der Waals surface area contributed by atoms with Crippen LogP contribution >= 0.6 is 11.3 Å². The summed E-state index contributed by atoms with van der Waals surface area (Å²) in [6.45, 7) is 2.00. The number of urea groups is 1. The van der Waals surface area contributed by atoms with Gasteiger partial charge in [-0.15, -0.1) is 0 Å². The van der Waals surface area contributed by atoms with Crippen LogP contribution in [0.3, 0.4) is 0 Å². The van der Waals surface area contributed by atoms with E-state index in [1.54, 1.807) is 0 Å². The van der Waals surface area contributed by atoms with E-state index in [0.29, 0.717) is 5.13 Å². The standard InChI is InChI=1S/C15H14N4OS/c1-10-6-8-11(9-7-10)16-14(20)18-19-15-17-12-4-2-3-5-13(12)21-15/h2-9H,1H3,(H,17,19)(H2,16,18,20). The molecule has 0 bridgehead atoms. The fourth-order valence-corrected chi connectivity index (χ4v) is 2.65. The number of benzene rings is 2. The quantitative estimate of drug-likeness (QED) is 0.645. The van der Waals surface area contributed by atoms with Crippen LogP contribution in [0, 0.1) is 6.92 Å². The number of aryl methyl sites for hydroxylation is 1. The zero-order valence-corrected chi connectivity index (χ0v) is 12.2. The molecule has 106 valence electrons. The summed E-state index contributed by atoms with van der Waals surface area (Å²) >= 11 is 1.48. The van der Waals surface area contributed by atoms with Crippen molar-refractivity contribution in [1.29, 1.82) is 0 Å². The number of fused-ring (bicyclic) bond motifs is 1. The van der Waals surface area contributed by atoms with Crippen LogP contribution in [-0.2, 0) is 0 Å². The Hall–Kier alpha value is -2.60. The molecule has 0 aliphatic carbocycles. The number of aromatic nitrogens is 1. The van der Waals surface area contributed by atoms with E-state index in [1.807, 2.05) is 55.5 Å². The average Bonchev–Trinajstić information content (AvgIpc) is 2.90. The molecule has 21 heavy (non-hydrogen) atoms. The zero-order chi connectivity index (χ0) is 14.7. The topological polar surface area (TPSA) is 66.1 Å². The Kier molecular flexibility index (Phi) is 3.70. The Balaban J connectivity index is 1.59. The fraction of sp³-hybridized carbons (Fsp3) is 0.0667. The molecule has 3 rings (SSSR count). The van der Waals surface area contributed by atoms with Gasteiger partial charge in [0.25, 0.3) is 0 Å². The van der Waals surface area contributed by atoms with Gasteiger partial charge in [-0.2, -0.15) is 0 Å². The number of nitrogens with one attached hydrogen (secondary N) is 3. The van der Waals surface area contributed by atoms with Gasteiger partial charge < -0.3 is 5.32 Å². The maximum Gasteiger partial charge on any atom is 0.337 e. The normalized spacial score (nSPS) is 10.3. The average molecular weight is 298 g/mol. The molecule has 0 aliphatic rings. The van der Waals surface area contributed by atoms with Crippen molar-refractivity contribution in [1.82, 2.24) is 10.4 Å². The van der Waals surface area contributed by atoms with Crippen molar-refractivity contribution >= 4 is 38.4 Å². The molecular weight excluding hydrogens is 284 g/mol. The predicted molar refractivity (Wildman–Crippen MR) is 86.6 cm³/mol. The first-order chi connectivity index (χ1) is 10.2. The zero-order valence-electron chi connectivity index (χ0n) is 11.4. The highest BCUT2D eigenvalue weighted by molar-refractivity contribution is 7.22. The van der Waals surface area contributed by atoms with Crippen LogP contribution < -0.4 is 16.2 Å². The van der Waals surface area contributed by atoms with E-state index >= 15 is 0 Å². The second-order valence-electron chi connectivity index (χ2n) is 4.56. The number of amides is 2. The van der Waals surface area contributed by atoms with Crippen molar-refractivity contribution in [3.63, 3.8) is 0 Å². The van der Waals surface area contributed by atoms with Crippen LogP contribution in [0.5, 0.6) is 0 Å². The summed E-state index contributed by atoms with van der Waals surface area (Å²) in [4.78, 5) is 16.1. The van der Waals surface area contributed by atoms with Crippen molar-refractivity contribution in [2.24, 2.45) is 0 Å². The molecule has 1 heterocycles. The van der Waals surface area contributed by atoms with Gasteiger partial charge in [0.05, 0.1) is 10.2 Å². The molecule has 2 aromatic carbocycles. The SMILES string of the molecule is Cc1ccc(NC(=O)NNc2nc3ccccc3s2)cc1. The second kappa shape index (κ2) is 5.80. The van der Waals surface area contributed by atoms with Crippen molar-refractivity contribution in [2.45, 2.75) is 6.92 Å². The molecule has 0 aliphatic heterocycles. The molecule has 0 unspecified atom stereocenters. The third kappa shape index (κ3) is 3.29. The van der Waals surface area contributed by atoms with E-state index in [0.717, 1.165) is 21.5 Å². The first-order valence-corrected chi connectivity index (χ1v) is 7.27. The smallest absolute Gasteiger partial charge is 0.307 e. The molecule has 0 atom stereocenters. The maximum atomic E-state index is 11.8. The molecule has 0 spiro atoms. The lowest BCUT2D eigenvalue weighted by Gasteiger charge is -2.07. The molecule has 0 saturated heterocycles. The highest BCUT2D eigenvalue weighted by Crippen LogP contribution is 2.24. The largest absolute Gasteiger partial charge is 0.337 e. The minimum absolute atomic E-state index is 0.335. The minimum Gasteiger partial charge on any atom is -0.307 e. The summed E-state index contributed by atoms with van der Waals surface area (Å²) in [7, 11) is 0. The number of nitrogens with zero attached hydrogens (tertiary/aromatic N) is 1. The van der Waals surface area contributed by atoms with Gasteiger partial charge >= 0.3 is 6.03 Å². The van der Waals surface area contributed by atoms with Gasteiger partial charge in [-0.25, -0.2) is 15.2 Å².